The Morgan fingerprint density at radius 3 is 2.19 bits per heavy atom. The number of nitrogens with one attached hydrogen (secondary N) is 1. The van der Waals surface area contributed by atoms with Gasteiger partial charge >= 0.3 is 0 Å². The molecule has 0 aromatic heterocycles. The summed E-state index contributed by atoms with van der Waals surface area (Å²) in [5, 5.41) is 3.70. The number of benzene rings is 3. The van der Waals surface area contributed by atoms with Crippen LogP contribution in [0.2, 0.25) is 15.1 Å². The van der Waals surface area contributed by atoms with Crippen molar-refractivity contribution in [1.82, 2.24) is 10.2 Å². The smallest absolute Gasteiger partial charge is 0.264 e. The maximum Gasteiger partial charge on any atom is 0.264 e. The fraction of sp³-hybridized carbons (Fsp3) is 0.333. The second-order valence-electron chi connectivity index (χ2n) is 9.58. The molecule has 1 N–H and O–H groups in total. The summed E-state index contributed by atoms with van der Waals surface area (Å²) in [6.07, 6.45) is 0.957. The van der Waals surface area contributed by atoms with Gasteiger partial charge in [-0.2, -0.15) is 0 Å². The number of aryl methyl sites for hydroxylation is 1. The molecule has 0 heterocycles. The first-order valence-corrected chi connectivity index (χ1v) is 15.9. The van der Waals surface area contributed by atoms with E-state index in [0.717, 1.165) is 9.87 Å². The van der Waals surface area contributed by atoms with Gasteiger partial charge in [-0.15, -0.1) is 0 Å². The molecule has 0 aliphatic carbocycles. The van der Waals surface area contributed by atoms with E-state index in [-0.39, 0.29) is 40.2 Å². The lowest BCUT2D eigenvalue weighted by molar-refractivity contribution is -0.140. The van der Waals surface area contributed by atoms with Gasteiger partial charge in [0.15, 0.2) is 0 Å². The van der Waals surface area contributed by atoms with E-state index < -0.39 is 28.5 Å². The Morgan fingerprint density at radius 2 is 1.62 bits per heavy atom. The van der Waals surface area contributed by atoms with Crippen molar-refractivity contribution in [2.24, 2.45) is 0 Å². The van der Waals surface area contributed by atoms with Crippen LogP contribution in [-0.4, -0.2) is 51.4 Å². The van der Waals surface area contributed by atoms with E-state index in [2.05, 4.69) is 5.32 Å². The van der Waals surface area contributed by atoms with Crippen molar-refractivity contribution in [3.8, 4) is 5.75 Å². The molecule has 0 aliphatic rings. The number of rotatable bonds is 13. The highest BCUT2D eigenvalue weighted by Gasteiger charge is 2.35. The number of halogens is 3. The topological polar surface area (TPSA) is 96.0 Å². The summed E-state index contributed by atoms with van der Waals surface area (Å²) in [6, 6.07) is 14.8. The number of hydrogen-bond donors (Lipinski definition) is 1. The fourth-order valence-corrected chi connectivity index (χ4v) is 6.45. The van der Waals surface area contributed by atoms with E-state index in [0.29, 0.717) is 28.6 Å². The monoisotopic (exact) mass is 653 g/mol. The number of ether oxygens (including phenoxy) is 1. The van der Waals surface area contributed by atoms with Crippen LogP contribution in [0.1, 0.15) is 37.8 Å². The van der Waals surface area contributed by atoms with Gasteiger partial charge in [0.05, 0.1) is 17.7 Å². The van der Waals surface area contributed by atoms with Gasteiger partial charge in [0.1, 0.15) is 18.3 Å². The maximum atomic E-state index is 14.2. The maximum absolute atomic E-state index is 14.2. The number of amides is 2. The molecule has 3 rings (SSSR count). The molecular weight excluding hydrogens is 621 g/mol. The minimum atomic E-state index is -4.31. The van der Waals surface area contributed by atoms with Crippen molar-refractivity contribution >= 4 is 62.3 Å². The lowest BCUT2D eigenvalue weighted by Gasteiger charge is -2.34. The van der Waals surface area contributed by atoms with Gasteiger partial charge in [-0.3, -0.25) is 13.9 Å². The standard InChI is InChI=1S/C30H34Cl3N3O5S/c1-5-16-34-30(38)26(6-2)35(18-23-24(32)8-7-9-25(23)33)29(37)19-36(27-17-21(31)12-15-28(27)41-4)42(39,40)22-13-10-20(3)11-14-22/h7-15,17,26H,5-6,16,18-19H2,1-4H3,(H,34,38)/t26-/m1/s1. The number of methoxy groups -OCH3 is 1. The minimum Gasteiger partial charge on any atom is -0.495 e. The van der Waals surface area contributed by atoms with E-state index in [1.807, 2.05) is 13.8 Å². The van der Waals surface area contributed by atoms with Crippen molar-refractivity contribution in [1.29, 1.82) is 0 Å². The third kappa shape index (κ3) is 7.89. The molecule has 12 heteroatoms. The molecule has 0 unspecified atom stereocenters. The zero-order valence-corrected chi connectivity index (χ0v) is 26.9. The molecule has 0 aliphatic heterocycles. The minimum absolute atomic E-state index is 0.0312. The van der Waals surface area contributed by atoms with Crippen LogP contribution >= 0.6 is 34.8 Å². The largest absolute Gasteiger partial charge is 0.495 e. The molecule has 8 nitrogen and oxygen atoms in total. The van der Waals surface area contributed by atoms with Gasteiger partial charge in [0.2, 0.25) is 11.8 Å². The molecule has 3 aromatic carbocycles. The van der Waals surface area contributed by atoms with E-state index in [1.54, 1.807) is 43.3 Å². The molecule has 3 aromatic rings. The average Bonchev–Trinajstić information content (AvgIpc) is 2.96. The Balaban J connectivity index is 2.16. The van der Waals surface area contributed by atoms with Crippen molar-refractivity contribution in [3.05, 3.63) is 86.9 Å². The number of nitrogens with zero attached hydrogens (tertiary/aromatic N) is 2. The summed E-state index contributed by atoms with van der Waals surface area (Å²) in [6.45, 7) is 5.15. The van der Waals surface area contributed by atoms with Crippen LogP contribution < -0.4 is 14.4 Å². The van der Waals surface area contributed by atoms with Crippen LogP contribution in [0.4, 0.5) is 5.69 Å². The van der Waals surface area contributed by atoms with Gasteiger partial charge in [-0.1, -0.05) is 72.4 Å². The molecule has 0 spiro atoms. The Labute approximate surface area is 262 Å². The molecule has 0 saturated heterocycles. The first kappa shape index (κ1) is 33.5. The van der Waals surface area contributed by atoms with Gasteiger partial charge in [-0.25, -0.2) is 8.42 Å². The van der Waals surface area contributed by atoms with Crippen LogP contribution in [-0.2, 0) is 26.2 Å². The number of carbonyl (C=O) groups is 2. The SMILES string of the molecule is CCCNC(=O)[C@@H](CC)N(Cc1c(Cl)cccc1Cl)C(=O)CN(c1cc(Cl)ccc1OC)S(=O)(=O)c1ccc(C)cc1. The molecule has 42 heavy (non-hydrogen) atoms. The lowest BCUT2D eigenvalue weighted by atomic mass is 10.1. The summed E-state index contributed by atoms with van der Waals surface area (Å²) in [4.78, 5) is 28.8. The number of sulfonamides is 1. The van der Waals surface area contributed by atoms with E-state index >= 15 is 0 Å². The van der Waals surface area contributed by atoms with E-state index in [1.165, 1.54) is 36.3 Å². The van der Waals surface area contributed by atoms with Crippen molar-refractivity contribution in [3.63, 3.8) is 0 Å². The predicted octanol–water partition coefficient (Wildman–Crippen LogP) is 6.49. The van der Waals surface area contributed by atoms with Crippen LogP contribution in [0.25, 0.3) is 0 Å². The van der Waals surface area contributed by atoms with Crippen LogP contribution in [0, 0.1) is 6.92 Å². The van der Waals surface area contributed by atoms with Crippen LogP contribution in [0.5, 0.6) is 5.75 Å². The van der Waals surface area contributed by atoms with Crippen LogP contribution in [0.3, 0.4) is 0 Å². The second-order valence-corrected chi connectivity index (χ2v) is 12.7. The number of carbonyl (C=O) groups excluding carboxylic acids is 2. The van der Waals surface area contributed by atoms with E-state index in [4.69, 9.17) is 39.5 Å². The number of anilines is 1. The zero-order chi connectivity index (χ0) is 31.0. The Hall–Kier alpha value is -2.98. The average molecular weight is 655 g/mol. The summed E-state index contributed by atoms with van der Waals surface area (Å²) >= 11 is 19.2. The second kappa shape index (κ2) is 15.0. The molecule has 2 amide bonds. The fourth-order valence-electron chi connectivity index (χ4n) is 4.35. The van der Waals surface area contributed by atoms with Crippen molar-refractivity contribution in [2.75, 3.05) is 24.5 Å². The predicted molar refractivity (Wildman–Crippen MR) is 168 cm³/mol. The third-order valence-electron chi connectivity index (χ3n) is 6.62. The summed E-state index contributed by atoms with van der Waals surface area (Å²) < 4.78 is 34.6. The van der Waals surface area contributed by atoms with Crippen molar-refractivity contribution in [2.45, 2.75) is 51.1 Å². The Morgan fingerprint density at radius 1 is 0.976 bits per heavy atom. The highest BCUT2D eigenvalue weighted by Crippen LogP contribution is 2.35. The molecule has 0 radical (unpaired) electrons. The van der Waals surface area contributed by atoms with Crippen molar-refractivity contribution < 1.29 is 22.7 Å². The number of hydrogen-bond acceptors (Lipinski definition) is 5. The summed E-state index contributed by atoms with van der Waals surface area (Å²) in [5.74, 6) is -0.831. The highest BCUT2D eigenvalue weighted by molar-refractivity contribution is 7.92. The molecule has 0 fully saturated rings. The van der Waals surface area contributed by atoms with Gasteiger partial charge in [-0.05, 0) is 62.2 Å². The normalized spacial score (nSPS) is 12.0. The zero-order valence-electron chi connectivity index (χ0n) is 23.9. The molecule has 226 valence electrons. The summed E-state index contributed by atoms with van der Waals surface area (Å²) in [7, 11) is -2.92. The molecule has 0 saturated carbocycles. The highest BCUT2D eigenvalue weighted by atomic mass is 35.5. The third-order valence-corrected chi connectivity index (χ3v) is 9.34. The lowest BCUT2D eigenvalue weighted by Crippen LogP contribution is -2.52. The Bertz CT molecular complexity index is 1500. The quantitative estimate of drug-likeness (QED) is 0.227. The van der Waals surface area contributed by atoms with E-state index in [9.17, 15) is 18.0 Å². The van der Waals surface area contributed by atoms with Gasteiger partial charge in [0, 0.05) is 33.7 Å². The first-order valence-electron chi connectivity index (χ1n) is 13.4. The molecule has 0 bridgehead atoms. The van der Waals surface area contributed by atoms with Crippen LogP contribution in [0.15, 0.2) is 65.6 Å². The van der Waals surface area contributed by atoms with Gasteiger partial charge < -0.3 is 15.0 Å². The summed E-state index contributed by atoms with van der Waals surface area (Å²) in [5.41, 5.74) is 1.37. The Kier molecular flexibility index (Phi) is 11.9. The molecular formula is C30H34Cl3N3O5S. The molecule has 1 atom stereocenters. The first-order chi connectivity index (χ1) is 19.9. The van der Waals surface area contributed by atoms with Gasteiger partial charge in [0.25, 0.3) is 10.0 Å².